The number of unbranched alkanes of at least 4 members (excludes halogenated alkanes) is 3. The molecule has 2 N–H and O–H groups in total. The van der Waals surface area contributed by atoms with Crippen LogP contribution in [-0.4, -0.2) is 24.2 Å². The van der Waals surface area contributed by atoms with E-state index in [1.165, 1.54) is 19.3 Å². The zero-order valence-electron chi connectivity index (χ0n) is 11.8. The first-order chi connectivity index (χ1) is 9.63. The van der Waals surface area contributed by atoms with Gasteiger partial charge in [0.05, 0.1) is 0 Å². The number of carbonyl (C=O) groups is 1. The van der Waals surface area contributed by atoms with Gasteiger partial charge in [0, 0.05) is 12.1 Å². The maximum Gasteiger partial charge on any atom is 0.259 e. The number of amidine groups is 1. The highest BCUT2D eigenvalue weighted by atomic mass is 35.5. The molecule has 5 heteroatoms. The largest absolute Gasteiger partial charge is 0.484 e. The van der Waals surface area contributed by atoms with Gasteiger partial charge in [-0.25, -0.2) is 0 Å². The minimum Gasteiger partial charge on any atom is -0.484 e. The van der Waals surface area contributed by atoms with Crippen molar-refractivity contribution in [2.45, 2.75) is 32.6 Å². The minimum absolute atomic E-state index is 0.137. The summed E-state index contributed by atoms with van der Waals surface area (Å²) in [5.41, 5.74) is 6.77. The molecule has 4 nitrogen and oxygen atoms in total. The first-order valence-electron chi connectivity index (χ1n) is 6.85. The highest BCUT2D eigenvalue weighted by Gasteiger charge is 2.01. The summed E-state index contributed by atoms with van der Waals surface area (Å²) in [6.07, 6.45) is 4.70. The monoisotopic (exact) mass is 296 g/mol. The summed E-state index contributed by atoms with van der Waals surface area (Å²) in [4.78, 5) is 14.9. The minimum atomic E-state index is -0.526. The number of benzene rings is 1. The molecule has 20 heavy (non-hydrogen) atoms. The molecule has 0 aromatic heterocycles. The van der Waals surface area contributed by atoms with Crippen molar-refractivity contribution in [3.63, 3.8) is 0 Å². The van der Waals surface area contributed by atoms with E-state index in [9.17, 15) is 4.79 Å². The lowest BCUT2D eigenvalue weighted by atomic mass is 10.2. The van der Waals surface area contributed by atoms with Crippen molar-refractivity contribution in [1.29, 1.82) is 0 Å². The van der Waals surface area contributed by atoms with Gasteiger partial charge >= 0.3 is 0 Å². The maximum atomic E-state index is 10.6. The molecule has 0 aliphatic carbocycles. The highest BCUT2D eigenvalue weighted by molar-refractivity contribution is 6.63. The number of nitrogens with zero attached hydrogens (tertiary/aromatic N) is 1. The van der Waals surface area contributed by atoms with E-state index in [-0.39, 0.29) is 6.61 Å². The second kappa shape index (κ2) is 9.37. The molecule has 0 radical (unpaired) electrons. The van der Waals surface area contributed by atoms with Crippen LogP contribution in [0.1, 0.15) is 38.2 Å². The number of nitrogens with two attached hydrogens (primary N) is 1. The average molecular weight is 297 g/mol. The highest BCUT2D eigenvalue weighted by Crippen LogP contribution is 2.12. The lowest BCUT2D eigenvalue weighted by Gasteiger charge is -2.05. The van der Waals surface area contributed by atoms with Crippen molar-refractivity contribution >= 4 is 22.7 Å². The predicted octanol–water partition coefficient (Wildman–Crippen LogP) is 3.12. The predicted molar refractivity (Wildman–Crippen MR) is 82.5 cm³/mol. The van der Waals surface area contributed by atoms with E-state index in [4.69, 9.17) is 22.1 Å². The molecule has 1 aromatic carbocycles. The number of hydrogen-bond donors (Lipinski definition) is 1. The quantitative estimate of drug-likeness (QED) is 0.329. The van der Waals surface area contributed by atoms with E-state index in [0.717, 1.165) is 18.5 Å². The summed E-state index contributed by atoms with van der Waals surface area (Å²) in [5.74, 6) is 1.11. The van der Waals surface area contributed by atoms with Crippen LogP contribution in [0.15, 0.2) is 29.3 Å². The second-order valence-electron chi connectivity index (χ2n) is 4.50. The fraction of sp³-hybridized carbons (Fsp3) is 0.467. The second-order valence-corrected chi connectivity index (χ2v) is 4.92. The molecule has 0 atom stereocenters. The van der Waals surface area contributed by atoms with Gasteiger partial charge in [-0.1, -0.05) is 26.2 Å². The molecule has 0 heterocycles. The van der Waals surface area contributed by atoms with Crippen LogP contribution in [-0.2, 0) is 4.79 Å². The molecule has 0 amide bonds. The standard InChI is InChI=1S/C15H21ClN2O2/c1-2-3-4-5-10-18-15(17)12-6-8-13(9-7-12)20-11-14(16)19/h6-9H,2-5,10-11H2,1H3,(H2,17,18). The van der Waals surface area contributed by atoms with Crippen LogP contribution in [0, 0.1) is 0 Å². The van der Waals surface area contributed by atoms with E-state index in [1.54, 1.807) is 12.1 Å². The number of rotatable bonds is 9. The van der Waals surface area contributed by atoms with E-state index in [0.29, 0.717) is 11.6 Å². The van der Waals surface area contributed by atoms with Crippen LogP contribution in [0.5, 0.6) is 5.75 Å². The molecule has 0 bridgehead atoms. The Morgan fingerprint density at radius 3 is 2.55 bits per heavy atom. The van der Waals surface area contributed by atoms with E-state index in [2.05, 4.69) is 11.9 Å². The summed E-state index contributed by atoms with van der Waals surface area (Å²) in [7, 11) is 0. The van der Waals surface area contributed by atoms with Gasteiger partial charge in [-0.3, -0.25) is 9.79 Å². The van der Waals surface area contributed by atoms with Crippen LogP contribution < -0.4 is 10.5 Å². The van der Waals surface area contributed by atoms with Gasteiger partial charge in [0.1, 0.15) is 11.6 Å². The van der Waals surface area contributed by atoms with Crippen molar-refractivity contribution in [2.24, 2.45) is 10.7 Å². The molecule has 1 rings (SSSR count). The van der Waals surface area contributed by atoms with Gasteiger partial charge < -0.3 is 10.5 Å². The maximum absolute atomic E-state index is 10.6. The zero-order valence-corrected chi connectivity index (χ0v) is 12.5. The van der Waals surface area contributed by atoms with E-state index >= 15 is 0 Å². The number of ether oxygens (including phenoxy) is 1. The molecule has 0 unspecified atom stereocenters. The molecule has 0 spiro atoms. The summed E-state index contributed by atoms with van der Waals surface area (Å²) in [5, 5.41) is -0.526. The summed E-state index contributed by atoms with van der Waals surface area (Å²) in [6.45, 7) is 2.80. The summed E-state index contributed by atoms with van der Waals surface area (Å²) >= 11 is 5.20. The lowest BCUT2D eigenvalue weighted by molar-refractivity contribution is -0.113. The lowest BCUT2D eigenvalue weighted by Crippen LogP contribution is -2.14. The summed E-state index contributed by atoms with van der Waals surface area (Å²) < 4.78 is 5.17. The zero-order chi connectivity index (χ0) is 14.8. The third-order valence-electron chi connectivity index (χ3n) is 2.80. The van der Waals surface area contributed by atoms with Crippen molar-refractivity contribution in [2.75, 3.05) is 13.2 Å². The number of carbonyl (C=O) groups excluding carboxylic acids is 1. The normalized spacial score (nSPS) is 11.4. The van der Waals surface area contributed by atoms with Crippen LogP contribution in [0.25, 0.3) is 0 Å². The van der Waals surface area contributed by atoms with E-state index < -0.39 is 5.24 Å². The van der Waals surface area contributed by atoms with Crippen LogP contribution in [0.3, 0.4) is 0 Å². The first kappa shape index (κ1) is 16.5. The van der Waals surface area contributed by atoms with Crippen LogP contribution in [0.4, 0.5) is 0 Å². The molecule has 0 fully saturated rings. The number of halogens is 1. The molecule has 0 saturated heterocycles. The SMILES string of the molecule is CCCCCCN=C(N)c1ccc(OCC(=O)Cl)cc1. The van der Waals surface area contributed by atoms with Gasteiger partial charge in [-0.2, -0.15) is 0 Å². The fourth-order valence-electron chi connectivity index (χ4n) is 1.69. The average Bonchev–Trinajstić information content (AvgIpc) is 2.45. The molecule has 0 aliphatic heterocycles. The molecule has 1 aromatic rings. The Hall–Kier alpha value is -1.55. The topological polar surface area (TPSA) is 64.7 Å². The van der Waals surface area contributed by atoms with Crippen molar-refractivity contribution in [3.8, 4) is 5.75 Å². The van der Waals surface area contributed by atoms with Crippen molar-refractivity contribution < 1.29 is 9.53 Å². The Labute approximate surface area is 125 Å². The molecule has 0 aliphatic rings. The fourth-order valence-corrected chi connectivity index (χ4v) is 1.75. The van der Waals surface area contributed by atoms with Gasteiger partial charge in [0.25, 0.3) is 5.24 Å². The van der Waals surface area contributed by atoms with E-state index in [1.807, 2.05) is 12.1 Å². The third kappa shape index (κ3) is 6.57. The van der Waals surface area contributed by atoms with Crippen molar-refractivity contribution in [3.05, 3.63) is 29.8 Å². The number of hydrogen-bond acceptors (Lipinski definition) is 3. The molecule has 0 saturated carbocycles. The van der Waals surface area contributed by atoms with Gasteiger partial charge in [0.2, 0.25) is 0 Å². The third-order valence-corrected chi connectivity index (χ3v) is 2.91. The van der Waals surface area contributed by atoms with Gasteiger partial charge in [0.15, 0.2) is 6.61 Å². The van der Waals surface area contributed by atoms with Crippen molar-refractivity contribution in [1.82, 2.24) is 0 Å². The van der Waals surface area contributed by atoms with Crippen LogP contribution >= 0.6 is 11.6 Å². The Bertz CT molecular complexity index is 444. The van der Waals surface area contributed by atoms with Gasteiger partial charge in [-0.05, 0) is 42.3 Å². The number of aliphatic imine (C=N–C) groups is 1. The Morgan fingerprint density at radius 2 is 1.95 bits per heavy atom. The molecular formula is C15H21ClN2O2. The molecule has 110 valence electrons. The first-order valence-corrected chi connectivity index (χ1v) is 7.22. The Balaban J connectivity index is 2.45. The Morgan fingerprint density at radius 1 is 1.25 bits per heavy atom. The van der Waals surface area contributed by atoms with Gasteiger partial charge in [-0.15, -0.1) is 0 Å². The molecular weight excluding hydrogens is 276 g/mol. The summed E-state index contributed by atoms with van der Waals surface area (Å²) in [6, 6.07) is 7.13. The van der Waals surface area contributed by atoms with Crippen LogP contribution in [0.2, 0.25) is 0 Å². The Kier molecular flexibility index (Phi) is 7.73. The smallest absolute Gasteiger partial charge is 0.259 e.